The lowest BCUT2D eigenvalue weighted by atomic mass is 10.00. The molecule has 0 bridgehead atoms. The summed E-state index contributed by atoms with van der Waals surface area (Å²) >= 11 is 0. The normalized spacial score (nSPS) is 16.4. The number of imidazole rings is 1. The Hall–Kier alpha value is -3.32. The molecule has 7 nitrogen and oxygen atoms in total. The van der Waals surface area contributed by atoms with Gasteiger partial charge in [0, 0.05) is 18.4 Å². The van der Waals surface area contributed by atoms with Crippen LogP contribution >= 0.6 is 10.5 Å². The van der Waals surface area contributed by atoms with E-state index in [0.717, 1.165) is 53.4 Å². The zero-order chi connectivity index (χ0) is 35.2. The second-order valence-electron chi connectivity index (χ2n) is 10.5. The van der Waals surface area contributed by atoms with Crippen LogP contribution in [0.4, 0.5) is 19.4 Å². The molecule has 0 aliphatic carbocycles. The molecule has 1 aromatic carbocycles. The van der Waals surface area contributed by atoms with E-state index in [4.69, 9.17) is 9.73 Å². The number of methoxy groups -OCH3 is 1. The second kappa shape index (κ2) is 16.5. The molecule has 13 heteroatoms. The van der Waals surface area contributed by atoms with E-state index in [-0.39, 0.29) is 0 Å². The minimum atomic E-state index is -9.93. The zero-order valence-electron chi connectivity index (χ0n) is 28.8. The van der Waals surface area contributed by atoms with Crippen molar-refractivity contribution in [3.63, 3.8) is 0 Å². The quantitative estimate of drug-likeness (QED) is 0.133. The number of nitrogens with zero attached hydrogens (tertiary/aromatic N) is 3. The minimum Gasteiger partial charge on any atom is -0.495 e. The van der Waals surface area contributed by atoms with Crippen LogP contribution in [0.1, 0.15) is 91.5 Å². The summed E-state index contributed by atoms with van der Waals surface area (Å²) in [6.07, 6.45) is 12.8. The number of hydrogen-bond acceptors (Lipinski definition) is 6. The van der Waals surface area contributed by atoms with Crippen molar-refractivity contribution in [3.05, 3.63) is 71.0 Å². The highest BCUT2D eigenvalue weighted by Gasteiger charge is 2.65. The summed E-state index contributed by atoms with van der Waals surface area (Å²) in [6.45, 7) is 17.0. The molecule has 262 valence electrons. The van der Waals surface area contributed by atoms with E-state index >= 15 is 0 Å². The fraction of sp³-hybridized carbons (Fsp3) is 0.515. The molecule has 0 saturated carbocycles. The molecule has 1 aliphatic rings. The molecule has 46 heavy (non-hydrogen) atoms. The van der Waals surface area contributed by atoms with Crippen molar-refractivity contribution in [2.75, 3.05) is 20.3 Å². The predicted molar refractivity (Wildman–Crippen MR) is 183 cm³/mol. The van der Waals surface area contributed by atoms with Gasteiger partial charge in [0.15, 0.2) is 0 Å². The van der Waals surface area contributed by atoms with Gasteiger partial charge in [0.1, 0.15) is 17.2 Å². The van der Waals surface area contributed by atoms with Gasteiger partial charge < -0.3 is 19.9 Å². The van der Waals surface area contributed by atoms with Gasteiger partial charge in [-0.05, 0) is 87.4 Å². The maximum absolute atomic E-state index is 12.5. The van der Waals surface area contributed by atoms with Crippen LogP contribution in [-0.2, 0) is 10.6 Å². The van der Waals surface area contributed by atoms with Crippen LogP contribution in [0, 0.1) is 6.92 Å². The summed E-state index contributed by atoms with van der Waals surface area (Å²) in [6, 6.07) is 4.05. The van der Waals surface area contributed by atoms with E-state index in [1.165, 1.54) is 6.08 Å². The van der Waals surface area contributed by atoms with Crippen molar-refractivity contribution >= 4 is 22.4 Å². The predicted octanol–water partition coefficient (Wildman–Crippen LogP) is 10.4. The molecule has 2 heterocycles. The van der Waals surface area contributed by atoms with Crippen molar-refractivity contribution in [1.82, 2.24) is 20.2 Å². The number of ether oxygens (including phenoxy) is 1. The van der Waals surface area contributed by atoms with Crippen LogP contribution in [-0.4, -0.2) is 41.3 Å². The number of aliphatic imine (C=N–C) groups is 1. The molecule has 1 aliphatic heterocycles. The van der Waals surface area contributed by atoms with E-state index < -0.39 is 22.8 Å². The maximum Gasteiger partial charge on any atom is 0.397 e. The number of rotatable bonds is 12. The van der Waals surface area contributed by atoms with E-state index in [9.17, 15) is 19.4 Å². The van der Waals surface area contributed by atoms with Crippen molar-refractivity contribution in [2.24, 2.45) is 4.99 Å². The van der Waals surface area contributed by atoms with Crippen LogP contribution in [0.15, 0.2) is 59.1 Å². The van der Waals surface area contributed by atoms with Gasteiger partial charge in [0.25, 0.3) is 0 Å². The van der Waals surface area contributed by atoms with Gasteiger partial charge in [0.05, 0.1) is 31.4 Å². The lowest BCUT2D eigenvalue weighted by molar-refractivity contribution is 0.172. The fourth-order valence-corrected chi connectivity index (χ4v) is 4.90. The zero-order valence-corrected chi connectivity index (χ0v) is 29.6. The Morgan fingerprint density at radius 2 is 1.76 bits per heavy atom. The molecular weight excluding hydrogens is 625 g/mol. The first-order valence-corrected chi connectivity index (χ1v) is 17.6. The standard InChI is InChI=1S/C29H40F5N5O2S.2C2H6/c1-7-11-25(13-10-15-41-42(30,31,32,33)34)37-29(4,5)38-28-23(12-9-14-35-28)17-22-16-21(3)27(26(18-22)40-6)39-19-24(8-2)36-20-39;2*1-2/h10-11,13,16-20,37H,7-9,12,14-15H2,1-6H3,(H,35,38);2*1-2H3/b13-10-,23-17+,25-11+;;. The summed E-state index contributed by atoms with van der Waals surface area (Å²) in [4.78, 5) is 9.13. The van der Waals surface area contributed by atoms with E-state index in [1.54, 1.807) is 19.5 Å². The van der Waals surface area contributed by atoms with Crippen LogP contribution < -0.4 is 15.4 Å². The summed E-state index contributed by atoms with van der Waals surface area (Å²) in [5, 5.41) is 6.61. The van der Waals surface area contributed by atoms with Crippen molar-refractivity contribution < 1.29 is 28.3 Å². The van der Waals surface area contributed by atoms with Crippen LogP contribution in [0.3, 0.4) is 0 Å². The van der Waals surface area contributed by atoms with E-state index in [1.807, 2.05) is 72.2 Å². The summed E-state index contributed by atoms with van der Waals surface area (Å²) < 4.78 is 73.0. The average molecular weight is 678 g/mol. The monoisotopic (exact) mass is 677 g/mol. The summed E-state index contributed by atoms with van der Waals surface area (Å²) in [5.74, 6) is 1.40. The number of aryl methyl sites for hydroxylation is 2. The number of nitrogens with one attached hydrogen (secondary N) is 2. The molecule has 0 amide bonds. The Morgan fingerprint density at radius 3 is 2.33 bits per heavy atom. The van der Waals surface area contributed by atoms with Crippen molar-refractivity contribution in [3.8, 4) is 11.4 Å². The first kappa shape index (κ1) is 40.7. The number of halogens is 5. The molecule has 1 aromatic heterocycles. The number of aromatic nitrogens is 2. The molecule has 0 atom stereocenters. The SMILES string of the molecule is CC.CC.CC/C=C(\C=C/COS(F)(F)(F)(F)F)NC(C)(C)NC1=NCCC/C1=C\c1cc(C)c(-n2cnc(CC)c2)c(OC)c1. The van der Waals surface area contributed by atoms with Crippen LogP contribution in [0.2, 0.25) is 0 Å². The first-order chi connectivity index (χ1) is 21.4. The number of benzene rings is 1. The van der Waals surface area contributed by atoms with Crippen molar-refractivity contribution in [1.29, 1.82) is 0 Å². The largest absolute Gasteiger partial charge is 0.495 e. The average Bonchev–Trinajstić information content (AvgIpc) is 3.45. The van der Waals surface area contributed by atoms with E-state index in [0.29, 0.717) is 30.2 Å². The lowest BCUT2D eigenvalue weighted by Gasteiger charge is -2.38. The minimum absolute atomic E-state index is 0.448. The van der Waals surface area contributed by atoms with Gasteiger partial charge in [0.2, 0.25) is 0 Å². The topological polar surface area (TPSA) is 72.7 Å². The van der Waals surface area contributed by atoms with Crippen LogP contribution in [0.25, 0.3) is 11.8 Å². The van der Waals surface area contributed by atoms with Gasteiger partial charge in [-0.1, -0.05) is 73.1 Å². The fourth-order valence-electron chi connectivity index (χ4n) is 4.57. The highest BCUT2D eigenvalue weighted by Crippen LogP contribution is 2.98. The van der Waals surface area contributed by atoms with Gasteiger partial charge in [-0.25, -0.2) is 9.17 Å². The maximum atomic E-state index is 12.5. The van der Waals surface area contributed by atoms with E-state index in [2.05, 4.69) is 38.9 Å². The number of allylic oxidation sites excluding steroid dienone is 2. The highest BCUT2D eigenvalue weighted by molar-refractivity contribution is 8.42. The molecule has 0 unspecified atom stereocenters. The Labute approximate surface area is 272 Å². The Morgan fingerprint density at radius 1 is 1.09 bits per heavy atom. The molecule has 0 saturated heterocycles. The summed E-state index contributed by atoms with van der Waals surface area (Å²) in [5.41, 5.74) is 4.50. The molecular formula is C33H52F5N5O2S. The summed E-state index contributed by atoms with van der Waals surface area (Å²) in [7, 11) is -8.30. The molecule has 0 fully saturated rings. The third-order valence-corrected chi connectivity index (χ3v) is 6.86. The second-order valence-corrected chi connectivity index (χ2v) is 12.6. The smallest absolute Gasteiger partial charge is 0.397 e. The third kappa shape index (κ3) is 14.0. The third-order valence-electron chi connectivity index (χ3n) is 6.28. The van der Waals surface area contributed by atoms with Gasteiger partial charge in [-0.15, -0.1) is 0 Å². The van der Waals surface area contributed by atoms with Crippen molar-refractivity contribution in [2.45, 2.75) is 93.7 Å². The Kier molecular flexibility index (Phi) is 14.6. The number of hydrogen-bond donors (Lipinski definition) is 2. The molecule has 3 rings (SSSR count). The molecule has 2 N–H and O–H groups in total. The Bertz CT molecular complexity index is 1400. The lowest BCUT2D eigenvalue weighted by Crippen LogP contribution is -2.54. The molecule has 0 spiro atoms. The van der Waals surface area contributed by atoms with Gasteiger partial charge >= 0.3 is 10.5 Å². The highest BCUT2D eigenvalue weighted by atomic mass is 32.5. The first-order valence-electron chi connectivity index (χ1n) is 15.7. The number of amidine groups is 1. The van der Waals surface area contributed by atoms with Gasteiger partial charge in [-0.3, -0.25) is 4.99 Å². The van der Waals surface area contributed by atoms with Crippen LogP contribution in [0.5, 0.6) is 5.75 Å². The van der Waals surface area contributed by atoms with Gasteiger partial charge in [-0.2, -0.15) is 0 Å². The molecule has 2 aromatic rings. The Balaban J connectivity index is 0.00000254. The molecule has 0 radical (unpaired) electrons.